The van der Waals surface area contributed by atoms with Gasteiger partial charge in [0.15, 0.2) is 0 Å². The number of carbonyl (C=O) groups is 2. The number of likely N-dealkylation sites (tertiary alicyclic amines) is 1. The molecule has 1 aromatic carbocycles. The lowest BCUT2D eigenvalue weighted by atomic mass is 10.0. The van der Waals surface area contributed by atoms with Crippen molar-refractivity contribution in [3.05, 3.63) is 47.8 Å². The van der Waals surface area contributed by atoms with E-state index in [0.717, 1.165) is 12.8 Å². The van der Waals surface area contributed by atoms with Crippen LogP contribution >= 0.6 is 0 Å². The third-order valence-electron chi connectivity index (χ3n) is 4.40. The number of nitrogens with zero attached hydrogens (tertiary/aromatic N) is 3. The summed E-state index contributed by atoms with van der Waals surface area (Å²) in [6.45, 7) is 1.39. The van der Waals surface area contributed by atoms with Gasteiger partial charge in [-0.25, -0.2) is 4.79 Å². The van der Waals surface area contributed by atoms with Crippen LogP contribution in [-0.2, 0) is 0 Å². The fraction of sp³-hybridized carbons (Fsp3) is 0.316. The van der Waals surface area contributed by atoms with Gasteiger partial charge in [-0.1, -0.05) is 5.92 Å². The molecule has 0 spiro atoms. The summed E-state index contributed by atoms with van der Waals surface area (Å²) in [6.07, 6.45) is 9.51. The van der Waals surface area contributed by atoms with Gasteiger partial charge in [0.1, 0.15) is 12.4 Å². The van der Waals surface area contributed by atoms with Crippen molar-refractivity contribution in [3.8, 4) is 18.1 Å². The van der Waals surface area contributed by atoms with Crippen molar-refractivity contribution in [1.82, 2.24) is 14.7 Å². The Kier molecular flexibility index (Phi) is 5.23. The van der Waals surface area contributed by atoms with Gasteiger partial charge in [0, 0.05) is 24.8 Å². The van der Waals surface area contributed by atoms with Crippen molar-refractivity contribution in [2.24, 2.45) is 0 Å². The zero-order chi connectivity index (χ0) is 18.5. The van der Waals surface area contributed by atoms with Crippen LogP contribution < -0.4 is 4.74 Å². The second-order valence-corrected chi connectivity index (χ2v) is 6.05. The predicted octanol–water partition coefficient (Wildman–Crippen LogP) is 2.07. The molecule has 134 valence electrons. The molecule has 0 radical (unpaired) electrons. The van der Waals surface area contributed by atoms with Crippen LogP contribution in [0.4, 0.5) is 0 Å². The van der Waals surface area contributed by atoms with Crippen molar-refractivity contribution in [1.29, 1.82) is 0 Å². The van der Waals surface area contributed by atoms with Gasteiger partial charge >= 0.3 is 5.97 Å². The third kappa shape index (κ3) is 3.86. The molecule has 0 saturated carbocycles. The maximum Gasteiger partial charge on any atom is 0.338 e. The van der Waals surface area contributed by atoms with Gasteiger partial charge in [-0.05, 0) is 37.1 Å². The molecule has 26 heavy (non-hydrogen) atoms. The molecular weight excluding hydrogens is 334 g/mol. The van der Waals surface area contributed by atoms with E-state index in [-0.39, 0.29) is 24.1 Å². The number of rotatable bonds is 5. The molecule has 1 amide bonds. The lowest BCUT2D eigenvalue weighted by Gasteiger charge is -2.32. The zero-order valence-corrected chi connectivity index (χ0v) is 14.2. The highest BCUT2D eigenvalue weighted by atomic mass is 16.5. The number of piperidine rings is 1. The van der Waals surface area contributed by atoms with Crippen LogP contribution in [0.3, 0.4) is 0 Å². The summed E-state index contributed by atoms with van der Waals surface area (Å²) < 4.78 is 6.99. The minimum absolute atomic E-state index is 0.0290. The van der Waals surface area contributed by atoms with Crippen LogP contribution in [0.15, 0.2) is 36.7 Å². The highest BCUT2D eigenvalue weighted by Crippen LogP contribution is 2.24. The lowest BCUT2D eigenvalue weighted by Crippen LogP contribution is -2.39. The Balaban J connectivity index is 1.57. The first-order valence-electron chi connectivity index (χ1n) is 8.31. The predicted molar refractivity (Wildman–Crippen MR) is 94.1 cm³/mol. The number of benzene rings is 1. The average Bonchev–Trinajstić information content (AvgIpc) is 3.17. The molecule has 1 saturated heterocycles. The van der Waals surface area contributed by atoms with E-state index in [1.165, 1.54) is 6.20 Å². The fourth-order valence-electron chi connectivity index (χ4n) is 2.98. The third-order valence-corrected chi connectivity index (χ3v) is 4.40. The van der Waals surface area contributed by atoms with Gasteiger partial charge in [-0.2, -0.15) is 5.10 Å². The highest BCUT2D eigenvalue weighted by Gasteiger charge is 2.25. The van der Waals surface area contributed by atoms with E-state index in [1.807, 2.05) is 0 Å². The Morgan fingerprint density at radius 2 is 1.92 bits per heavy atom. The van der Waals surface area contributed by atoms with Crippen molar-refractivity contribution in [2.75, 3.05) is 19.7 Å². The molecule has 1 aliphatic rings. The number of carbonyl (C=O) groups excluding carboxylic acids is 1. The SMILES string of the molecule is C#CCOc1ccc(C(=O)N2CCC(n3cc(C(=O)O)cn3)CC2)cc1. The maximum absolute atomic E-state index is 12.6. The largest absolute Gasteiger partial charge is 0.481 e. The van der Waals surface area contributed by atoms with Gasteiger partial charge in [-0.15, -0.1) is 6.42 Å². The Hall–Kier alpha value is -3.27. The Bertz CT molecular complexity index is 827. The van der Waals surface area contributed by atoms with Crippen LogP contribution in [0.1, 0.15) is 39.6 Å². The molecule has 2 aromatic rings. The maximum atomic E-state index is 12.6. The minimum Gasteiger partial charge on any atom is -0.481 e. The number of carboxylic acids is 1. The molecule has 2 heterocycles. The van der Waals surface area contributed by atoms with Gasteiger partial charge < -0.3 is 14.7 Å². The monoisotopic (exact) mass is 353 g/mol. The van der Waals surface area contributed by atoms with Crippen LogP contribution in [-0.4, -0.2) is 51.4 Å². The summed E-state index contributed by atoms with van der Waals surface area (Å²) in [7, 11) is 0. The van der Waals surface area contributed by atoms with Crippen LogP contribution in [0.5, 0.6) is 5.75 Å². The fourth-order valence-corrected chi connectivity index (χ4v) is 2.98. The number of carboxylic acid groups (broad SMARTS) is 1. The number of hydrogen-bond acceptors (Lipinski definition) is 4. The van der Waals surface area contributed by atoms with Crippen LogP contribution in [0.25, 0.3) is 0 Å². The summed E-state index contributed by atoms with van der Waals surface area (Å²) in [5.41, 5.74) is 0.777. The molecule has 0 aliphatic carbocycles. The smallest absolute Gasteiger partial charge is 0.338 e. The molecule has 1 fully saturated rings. The first-order valence-corrected chi connectivity index (χ1v) is 8.31. The van der Waals surface area contributed by atoms with Gasteiger partial charge in [0.05, 0.1) is 17.8 Å². The zero-order valence-electron chi connectivity index (χ0n) is 14.2. The molecule has 1 aromatic heterocycles. The summed E-state index contributed by atoms with van der Waals surface area (Å²) in [6, 6.07) is 7.02. The van der Waals surface area contributed by atoms with E-state index >= 15 is 0 Å². The van der Waals surface area contributed by atoms with Crippen molar-refractivity contribution in [2.45, 2.75) is 18.9 Å². The number of hydrogen-bond donors (Lipinski definition) is 1. The number of aromatic nitrogens is 2. The molecule has 1 N–H and O–H groups in total. The van der Waals surface area contributed by atoms with Crippen molar-refractivity contribution >= 4 is 11.9 Å². The lowest BCUT2D eigenvalue weighted by molar-refractivity contribution is 0.0688. The standard InChI is InChI=1S/C19H19N3O4/c1-2-11-26-17-5-3-14(4-6-17)18(23)21-9-7-16(8-10-21)22-13-15(12-20-22)19(24)25/h1,3-6,12-13,16H,7-11H2,(H,24,25). The number of amides is 1. The van der Waals surface area contributed by atoms with E-state index in [9.17, 15) is 9.59 Å². The topological polar surface area (TPSA) is 84.7 Å². The first-order chi connectivity index (χ1) is 12.6. The summed E-state index contributed by atoms with van der Waals surface area (Å²) in [5.74, 6) is 2.01. The van der Waals surface area contributed by atoms with E-state index in [1.54, 1.807) is 40.0 Å². The van der Waals surface area contributed by atoms with Crippen LogP contribution in [0, 0.1) is 12.3 Å². The van der Waals surface area contributed by atoms with Gasteiger partial charge in [-0.3, -0.25) is 9.48 Å². The number of ether oxygens (including phenoxy) is 1. The van der Waals surface area contributed by atoms with E-state index in [0.29, 0.717) is 24.4 Å². The van der Waals surface area contributed by atoms with E-state index in [2.05, 4.69) is 11.0 Å². The normalized spacial score (nSPS) is 14.7. The van der Waals surface area contributed by atoms with Crippen LogP contribution in [0.2, 0.25) is 0 Å². The molecule has 0 bridgehead atoms. The first kappa shape index (κ1) is 17.5. The molecule has 7 heteroatoms. The van der Waals surface area contributed by atoms with Gasteiger partial charge in [0.25, 0.3) is 5.91 Å². The highest BCUT2D eigenvalue weighted by molar-refractivity contribution is 5.94. The molecule has 7 nitrogen and oxygen atoms in total. The van der Waals surface area contributed by atoms with Gasteiger partial charge in [0.2, 0.25) is 0 Å². The second kappa shape index (κ2) is 7.74. The molecule has 1 aliphatic heterocycles. The number of aromatic carboxylic acids is 1. The number of terminal acetylenes is 1. The Labute approximate surface area is 151 Å². The van der Waals surface area contributed by atoms with E-state index in [4.69, 9.17) is 16.3 Å². The molecular formula is C19H19N3O4. The molecule has 0 unspecified atom stereocenters. The summed E-state index contributed by atoms with van der Waals surface area (Å²) in [5, 5.41) is 13.1. The Morgan fingerprint density at radius 3 is 2.50 bits per heavy atom. The second-order valence-electron chi connectivity index (χ2n) is 6.05. The van der Waals surface area contributed by atoms with Crippen molar-refractivity contribution < 1.29 is 19.4 Å². The molecule has 3 rings (SSSR count). The average molecular weight is 353 g/mol. The summed E-state index contributed by atoms with van der Waals surface area (Å²) >= 11 is 0. The quantitative estimate of drug-likeness (QED) is 0.832. The molecule has 0 atom stereocenters. The minimum atomic E-state index is -0.987. The van der Waals surface area contributed by atoms with E-state index < -0.39 is 5.97 Å². The van der Waals surface area contributed by atoms with Crippen molar-refractivity contribution in [3.63, 3.8) is 0 Å². The Morgan fingerprint density at radius 1 is 1.23 bits per heavy atom. The summed E-state index contributed by atoms with van der Waals surface area (Å²) in [4.78, 5) is 25.4.